The summed E-state index contributed by atoms with van der Waals surface area (Å²) in [6.07, 6.45) is 1.98. The van der Waals surface area contributed by atoms with Crippen molar-refractivity contribution in [3.8, 4) is 0 Å². The zero-order valence-corrected chi connectivity index (χ0v) is 13.8. The van der Waals surface area contributed by atoms with Crippen LogP contribution in [0.25, 0.3) is 0 Å². The van der Waals surface area contributed by atoms with E-state index in [1.807, 2.05) is 30.3 Å². The molecule has 2 atom stereocenters. The van der Waals surface area contributed by atoms with Crippen LogP contribution in [0.2, 0.25) is 0 Å². The third-order valence-corrected chi connectivity index (χ3v) is 4.61. The van der Waals surface area contributed by atoms with E-state index in [0.29, 0.717) is 18.5 Å². The van der Waals surface area contributed by atoms with Gasteiger partial charge in [0.15, 0.2) is 5.76 Å². The van der Waals surface area contributed by atoms with E-state index in [-0.39, 0.29) is 23.5 Å². The molecule has 1 aromatic carbocycles. The highest BCUT2D eigenvalue weighted by Gasteiger charge is 2.30. The Kier molecular flexibility index (Phi) is 5.45. The quantitative estimate of drug-likeness (QED) is 0.755. The molecule has 1 aliphatic rings. The van der Waals surface area contributed by atoms with E-state index >= 15 is 0 Å². The van der Waals surface area contributed by atoms with Gasteiger partial charge in [0.25, 0.3) is 0 Å². The lowest BCUT2D eigenvalue weighted by Crippen LogP contribution is -2.88. The summed E-state index contributed by atoms with van der Waals surface area (Å²) in [6, 6.07) is 10.8. The zero-order chi connectivity index (χ0) is 17.6. The summed E-state index contributed by atoms with van der Waals surface area (Å²) in [5.74, 6) is -1.15. The van der Waals surface area contributed by atoms with Crippen molar-refractivity contribution in [2.75, 3.05) is 18.4 Å². The normalized spacial score (nSPS) is 20.2. The molecule has 2 heterocycles. The predicted octanol–water partition coefficient (Wildman–Crippen LogP) is -0.191. The molecule has 0 bridgehead atoms. The van der Waals surface area contributed by atoms with Crippen molar-refractivity contribution in [3.05, 3.63) is 47.9 Å². The summed E-state index contributed by atoms with van der Waals surface area (Å²) in [5.41, 5.74) is 1.38. The number of para-hydroxylation sites is 1. The van der Waals surface area contributed by atoms with Gasteiger partial charge < -0.3 is 25.1 Å². The fraction of sp³-hybridized carbons (Fsp3) is 0.389. The average molecular weight is 343 g/mol. The maximum absolute atomic E-state index is 12.3. The molecule has 7 heteroatoms. The number of hydrogen-bond acceptors (Lipinski definition) is 5. The van der Waals surface area contributed by atoms with Crippen LogP contribution in [0.1, 0.15) is 29.1 Å². The largest absolute Gasteiger partial charge is 0.541 e. The smallest absolute Gasteiger partial charge is 0.224 e. The molecular formula is C18H21N3O4. The van der Waals surface area contributed by atoms with Crippen LogP contribution < -0.4 is 15.7 Å². The molecule has 132 valence electrons. The number of anilines is 1. The van der Waals surface area contributed by atoms with E-state index in [4.69, 9.17) is 4.52 Å². The molecule has 0 radical (unpaired) electrons. The number of benzene rings is 1. The van der Waals surface area contributed by atoms with E-state index in [1.54, 1.807) is 0 Å². The van der Waals surface area contributed by atoms with E-state index in [9.17, 15) is 14.7 Å². The lowest BCUT2D eigenvalue weighted by molar-refractivity contribution is -0.672. The molecule has 0 spiro atoms. The minimum absolute atomic E-state index is 0.00122. The predicted molar refractivity (Wildman–Crippen MR) is 87.5 cm³/mol. The van der Waals surface area contributed by atoms with Crippen molar-refractivity contribution in [2.45, 2.75) is 19.3 Å². The van der Waals surface area contributed by atoms with Crippen LogP contribution in [0.15, 0.2) is 40.9 Å². The van der Waals surface area contributed by atoms with E-state index in [1.165, 1.54) is 6.07 Å². The van der Waals surface area contributed by atoms with Gasteiger partial charge in [-0.1, -0.05) is 23.4 Å². The maximum Gasteiger partial charge on any atom is 0.224 e. The summed E-state index contributed by atoms with van der Waals surface area (Å²) in [7, 11) is 0. The first kappa shape index (κ1) is 17.2. The van der Waals surface area contributed by atoms with Gasteiger partial charge in [0.2, 0.25) is 5.91 Å². The number of piperidine rings is 1. The van der Waals surface area contributed by atoms with Crippen LogP contribution in [0.3, 0.4) is 0 Å². The fourth-order valence-corrected chi connectivity index (χ4v) is 3.36. The standard InChI is InChI=1S/C18H21N3O4/c22-17(20-14-4-2-1-3-5-14)9-12-6-7-19-11-13(12)8-15-10-16(18(23)24)25-21-15/h1-5,10,12-13,19H,6-9,11H2,(H,20,22)(H,23,24)/t12-,13-/m0/s1. The molecule has 1 fully saturated rings. The molecule has 0 aliphatic carbocycles. The van der Waals surface area contributed by atoms with Gasteiger partial charge in [-0.15, -0.1) is 0 Å². The number of hydrogen-bond donors (Lipinski definition) is 2. The van der Waals surface area contributed by atoms with Crippen molar-refractivity contribution in [1.82, 2.24) is 5.16 Å². The Hall–Kier alpha value is -2.67. The lowest BCUT2D eigenvalue weighted by Gasteiger charge is -2.29. The number of rotatable bonds is 6. The van der Waals surface area contributed by atoms with Gasteiger partial charge >= 0.3 is 0 Å². The Labute approximate surface area is 145 Å². The van der Waals surface area contributed by atoms with Crippen LogP contribution in [0.4, 0.5) is 5.69 Å². The zero-order valence-electron chi connectivity index (χ0n) is 13.8. The Bertz CT molecular complexity index is 729. The summed E-state index contributed by atoms with van der Waals surface area (Å²) in [6.45, 7) is 1.87. The van der Waals surface area contributed by atoms with Gasteiger partial charge in [-0.25, -0.2) is 0 Å². The van der Waals surface area contributed by atoms with Crippen molar-refractivity contribution in [3.63, 3.8) is 0 Å². The molecule has 1 amide bonds. The van der Waals surface area contributed by atoms with Crippen LogP contribution in [-0.4, -0.2) is 30.1 Å². The summed E-state index contributed by atoms with van der Waals surface area (Å²) in [4.78, 5) is 23.1. The molecular weight excluding hydrogens is 322 g/mol. The highest BCUT2D eigenvalue weighted by atomic mass is 16.5. The van der Waals surface area contributed by atoms with Crippen molar-refractivity contribution < 1.29 is 24.5 Å². The molecule has 3 rings (SSSR count). The summed E-state index contributed by atoms with van der Waals surface area (Å²) < 4.78 is 4.76. The van der Waals surface area contributed by atoms with Gasteiger partial charge in [-0.2, -0.15) is 0 Å². The van der Waals surface area contributed by atoms with Crippen molar-refractivity contribution in [1.29, 1.82) is 0 Å². The number of carbonyl (C=O) groups is 2. The molecule has 0 unspecified atom stereocenters. The second-order valence-electron chi connectivity index (χ2n) is 6.41. The Balaban J connectivity index is 1.60. The van der Waals surface area contributed by atoms with Gasteiger partial charge in [0.1, 0.15) is 5.97 Å². The Morgan fingerprint density at radius 1 is 1.28 bits per heavy atom. The number of carbonyl (C=O) groups excluding carboxylic acids is 2. The van der Waals surface area contributed by atoms with Crippen molar-refractivity contribution >= 4 is 17.6 Å². The van der Waals surface area contributed by atoms with E-state index in [2.05, 4.69) is 15.8 Å². The molecule has 3 N–H and O–H groups in total. The summed E-state index contributed by atoms with van der Waals surface area (Å²) >= 11 is 0. The maximum atomic E-state index is 12.3. The topological polar surface area (TPSA) is 112 Å². The van der Waals surface area contributed by atoms with E-state index < -0.39 is 5.97 Å². The third-order valence-electron chi connectivity index (χ3n) is 4.61. The highest BCUT2D eigenvalue weighted by Crippen LogP contribution is 2.25. The molecule has 1 saturated heterocycles. The van der Waals surface area contributed by atoms with Gasteiger partial charge in [0, 0.05) is 36.9 Å². The third kappa shape index (κ3) is 4.67. The highest BCUT2D eigenvalue weighted by molar-refractivity contribution is 5.90. The van der Waals surface area contributed by atoms with Gasteiger partial charge in [-0.3, -0.25) is 4.79 Å². The Morgan fingerprint density at radius 3 is 2.80 bits per heavy atom. The van der Waals surface area contributed by atoms with E-state index in [0.717, 1.165) is 25.2 Å². The lowest BCUT2D eigenvalue weighted by atomic mass is 9.81. The fourth-order valence-electron chi connectivity index (χ4n) is 3.36. The first-order chi connectivity index (χ1) is 12.1. The minimum Gasteiger partial charge on any atom is -0.541 e. The van der Waals surface area contributed by atoms with Gasteiger partial charge in [-0.05, 0) is 18.1 Å². The molecule has 25 heavy (non-hydrogen) atoms. The second-order valence-corrected chi connectivity index (χ2v) is 6.41. The average Bonchev–Trinajstić information content (AvgIpc) is 3.06. The molecule has 7 nitrogen and oxygen atoms in total. The van der Waals surface area contributed by atoms with Crippen LogP contribution in [-0.2, 0) is 11.2 Å². The summed E-state index contributed by atoms with van der Waals surface area (Å²) in [5, 5.41) is 19.7. The number of carboxylic acids is 1. The van der Waals surface area contributed by atoms with Crippen LogP contribution in [0, 0.1) is 11.8 Å². The van der Waals surface area contributed by atoms with Crippen LogP contribution in [0.5, 0.6) is 0 Å². The monoisotopic (exact) mass is 343 g/mol. The SMILES string of the molecule is O=C(C[C@@H]1CC[NH2+]C[C@@H]1Cc1cc(C(=O)[O-])on1)Nc1ccccc1. The van der Waals surface area contributed by atoms with Crippen molar-refractivity contribution in [2.24, 2.45) is 11.8 Å². The molecule has 2 aromatic rings. The van der Waals surface area contributed by atoms with Crippen LogP contribution >= 0.6 is 0 Å². The molecule has 1 aromatic heterocycles. The Morgan fingerprint density at radius 2 is 2.08 bits per heavy atom. The first-order valence-corrected chi connectivity index (χ1v) is 8.45. The number of amides is 1. The number of nitrogens with zero attached hydrogens (tertiary/aromatic N) is 1. The number of quaternary nitrogens is 1. The molecule has 1 aliphatic heterocycles. The second kappa shape index (κ2) is 7.94. The van der Waals surface area contributed by atoms with Gasteiger partial charge in [0.05, 0.1) is 18.8 Å². The minimum atomic E-state index is -1.37. The number of aromatic carboxylic acids is 1. The number of aromatic nitrogens is 1. The number of nitrogens with one attached hydrogen (secondary N) is 1. The first-order valence-electron chi connectivity index (χ1n) is 8.45. The number of nitrogens with two attached hydrogens (primary N) is 1. The number of carboxylic acid groups (broad SMARTS) is 1. The molecule has 0 saturated carbocycles.